The number of carboxylic acid groups (broad SMARTS) is 1. The largest absolute Gasteiger partial charge is 0.477 e. The number of nitrogens with zero attached hydrogens (tertiary/aromatic N) is 1. The summed E-state index contributed by atoms with van der Waals surface area (Å²) in [5.41, 5.74) is 1.08. The maximum Gasteiger partial charge on any atom is 0.352 e. The van der Waals surface area contributed by atoms with Crippen LogP contribution in [0.5, 0.6) is 0 Å². The third-order valence-corrected chi connectivity index (χ3v) is 8.02. The summed E-state index contributed by atoms with van der Waals surface area (Å²) in [5.74, 6) is -0.382. The number of thioether (sulfide) groups is 2. The molecule has 7 nitrogen and oxygen atoms in total. The van der Waals surface area contributed by atoms with Crippen LogP contribution in [0.15, 0.2) is 71.9 Å². The van der Waals surface area contributed by atoms with Crippen molar-refractivity contribution in [3.63, 3.8) is 0 Å². The van der Waals surface area contributed by atoms with Crippen molar-refractivity contribution < 1.29 is 24.2 Å². The molecular formula is C24H24N2O5S2. The average Bonchev–Trinajstić information content (AvgIpc) is 2.83. The van der Waals surface area contributed by atoms with Crippen LogP contribution in [0.2, 0.25) is 0 Å². The minimum absolute atomic E-state index is 0.00528. The van der Waals surface area contributed by atoms with Crippen molar-refractivity contribution in [1.29, 1.82) is 0 Å². The molecule has 0 saturated carbocycles. The van der Waals surface area contributed by atoms with E-state index in [0.29, 0.717) is 17.1 Å². The van der Waals surface area contributed by atoms with Crippen molar-refractivity contribution in [2.24, 2.45) is 0 Å². The van der Waals surface area contributed by atoms with Gasteiger partial charge in [-0.2, -0.15) is 11.8 Å². The van der Waals surface area contributed by atoms with Crippen LogP contribution in [0.4, 0.5) is 0 Å². The number of methoxy groups -OCH3 is 1. The van der Waals surface area contributed by atoms with Crippen LogP contribution >= 0.6 is 23.5 Å². The number of rotatable bonds is 9. The standard InChI is InChI=1S/C24H24N2O5S2/c1-31-24(25-19(27)12-16-8-4-2-5-9-16)22(30)26-20(21(28)29)18(15-33-23(24)26)14-32-13-17-10-6-3-7-11-17/h2-11,23H,12-15H2,1H3,(H,25,27)(H,28,29)/t23-,24+/m1/s1. The Labute approximate surface area is 200 Å². The SMILES string of the molecule is CO[C@@]1(NC(=O)Cc2ccccc2)C(=O)N2C(C(=O)O)=C(CSCc3ccccc3)CS[C@@H]21. The van der Waals surface area contributed by atoms with E-state index in [9.17, 15) is 19.5 Å². The second-order valence-electron chi connectivity index (χ2n) is 7.72. The first kappa shape index (κ1) is 23.4. The van der Waals surface area contributed by atoms with Gasteiger partial charge in [0.15, 0.2) is 0 Å². The first-order valence-electron chi connectivity index (χ1n) is 10.4. The van der Waals surface area contributed by atoms with Crippen molar-refractivity contribution in [3.05, 3.63) is 83.1 Å². The van der Waals surface area contributed by atoms with Gasteiger partial charge < -0.3 is 15.2 Å². The first-order valence-corrected chi connectivity index (χ1v) is 12.6. The van der Waals surface area contributed by atoms with Crippen LogP contribution < -0.4 is 5.32 Å². The van der Waals surface area contributed by atoms with Crippen LogP contribution in [0.25, 0.3) is 0 Å². The van der Waals surface area contributed by atoms with Crippen molar-refractivity contribution in [2.75, 3.05) is 18.6 Å². The van der Waals surface area contributed by atoms with E-state index < -0.39 is 23.0 Å². The van der Waals surface area contributed by atoms with E-state index in [0.717, 1.165) is 16.9 Å². The van der Waals surface area contributed by atoms with Gasteiger partial charge in [0.05, 0.1) is 6.42 Å². The summed E-state index contributed by atoms with van der Waals surface area (Å²) in [4.78, 5) is 39.2. The van der Waals surface area contributed by atoms with E-state index >= 15 is 0 Å². The summed E-state index contributed by atoms with van der Waals surface area (Å²) in [5, 5.41) is 12.0. The van der Waals surface area contributed by atoms with E-state index in [2.05, 4.69) is 5.32 Å². The summed E-state index contributed by atoms with van der Waals surface area (Å²) in [7, 11) is 1.36. The Balaban J connectivity index is 1.47. The van der Waals surface area contributed by atoms with Crippen molar-refractivity contribution in [3.8, 4) is 0 Å². The maximum atomic E-state index is 13.2. The van der Waals surface area contributed by atoms with Crippen molar-refractivity contribution >= 4 is 41.3 Å². The van der Waals surface area contributed by atoms with Crippen LogP contribution in [0.1, 0.15) is 11.1 Å². The number of amides is 2. The van der Waals surface area contributed by atoms with Crippen LogP contribution in [0, 0.1) is 0 Å². The number of hydrogen-bond acceptors (Lipinski definition) is 6. The average molecular weight is 485 g/mol. The van der Waals surface area contributed by atoms with Gasteiger partial charge in [-0.15, -0.1) is 11.8 Å². The lowest BCUT2D eigenvalue weighted by atomic mass is 9.98. The number of carboxylic acids is 1. The Hall–Kier alpha value is -2.75. The molecule has 0 aromatic heterocycles. The van der Waals surface area contributed by atoms with Gasteiger partial charge in [0.1, 0.15) is 11.1 Å². The highest BCUT2D eigenvalue weighted by Crippen LogP contribution is 2.47. The third-order valence-electron chi connectivity index (χ3n) is 5.56. The fourth-order valence-corrected chi connectivity index (χ4v) is 6.54. The molecule has 2 amide bonds. The Morgan fingerprint density at radius 2 is 1.76 bits per heavy atom. The van der Waals surface area contributed by atoms with Gasteiger partial charge in [-0.3, -0.25) is 14.5 Å². The molecule has 33 heavy (non-hydrogen) atoms. The number of benzene rings is 2. The van der Waals surface area contributed by atoms with Crippen LogP contribution in [0.3, 0.4) is 0 Å². The predicted molar refractivity (Wildman–Crippen MR) is 128 cm³/mol. The monoisotopic (exact) mass is 484 g/mol. The summed E-state index contributed by atoms with van der Waals surface area (Å²) in [6.45, 7) is 0. The molecule has 2 aromatic rings. The molecule has 0 aliphatic carbocycles. The van der Waals surface area contributed by atoms with Crippen LogP contribution in [-0.2, 0) is 31.3 Å². The molecule has 2 heterocycles. The lowest BCUT2D eigenvalue weighted by Gasteiger charge is -2.55. The van der Waals surface area contributed by atoms with E-state index in [4.69, 9.17) is 4.74 Å². The number of ether oxygens (including phenoxy) is 1. The van der Waals surface area contributed by atoms with Gasteiger partial charge in [-0.1, -0.05) is 60.7 Å². The Morgan fingerprint density at radius 1 is 1.12 bits per heavy atom. The fourth-order valence-electron chi connectivity index (χ4n) is 3.95. The molecule has 4 rings (SSSR count). The molecule has 1 fully saturated rings. The van der Waals surface area contributed by atoms with E-state index in [1.54, 1.807) is 11.8 Å². The van der Waals surface area contributed by atoms with E-state index in [-0.39, 0.29) is 18.0 Å². The molecule has 0 spiro atoms. The molecule has 2 atom stereocenters. The van der Waals surface area contributed by atoms with Gasteiger partial charge in [-0.25, -0.2) is 4.79 Å². The minimum atomic E-state index is -1.57. The molecule has 172 valence electrons. The molecule has 2 N–H and O–H groups in total. The van der Waals surface area contributed by atoms with Crippen molar-refractivity contribution in [2.45, 2.75) is 23.3 Å². The van der Waals surface area contributed by atoms with Gasteiger partial charge >= 0.3 is 5.97 Å². The third kappa shape index (κ3) is 4.66. The highest BCUT2D eigenvalue weighted by molar-refractivity contribution is 8.00. The number of hydrogen-bond donors (Lipinski definition) is 2. The summed E-state index contributed by atoms with van der Waals surface area (Å²) in [6.07, 6.45) is 0.0968. The lowest BCUT2D eigenvalue weighted by Crippen LogP contribution is -2.80. The van der Waals surface area contributed by atoms with Gasteiger partial charge in [-0.05, 0) is 16.7 Å². The fraction of sp³-hybridized carbons (Fsp3) is 0.292. The van der Waals surface area contributed by atoms with Gasteiger partial charge in [0.2, 0.25) is 5.91 Å². The quantitative estimate of drug-likeness (QED) is 0.417. The summed E-state index contributed by atoms with van der Waals surface area (Å²) in [6, 6.07) is 19.1. The molecule has 0 bridgehead atoms. The molecule has 2 aliphatic heterocycles. The number of carbonyl (C=O) groups excluding carboxylic acids is 2. The maximum absolute atomic E-state index is 13.2. The zero-order chi connectivity index (χ0) is 23.4. The Bertz CT molecular complexity index is 1080. The van der Waals surface area contributed by atoms with Crippen molar-refractivity contribution in [1.82, 2.24) is 10.2 Å². The number of carbonyl (C=O) groups is 3. The van der Waals surface area contributed by atoms with Gasteiger partial charge in [0.25, 0.3) is 11.6 Å². The normalized spacial score (nSPS) is 21.9. The zero-order valence-electron chi connectivity index (χ0n) is 18.0. The zero-order valence-corrected chi connectivity index (χ0v) is 19.7. The molecule has 2 aliphatic rings. The predicted octanol–water partition coefficient (Wildman–Crippen LogP) is 2.88. The number of nitrogens with one attached hydrogen (secondary N) is 1. The van der Waals surface area contributed by atoms with Gasteiger partial charge in [0, 0.05) is 24.4 Å². The summed E-state index contributed by atoms with van der Waals surface area (Å²) < 4.78 is 5.50. The topological polar surface area (TPSA) is 95.9 Å². The first-order chi connectivity index (χ1) is 16.0. The number of aliphatic carboxylic acids is 1. The van der Waals surface area contributed by atoms with Crippen LogP contribution in [-0.4, -0.2) is 57.5 Å². The number of fused-ring (bicyclic) bond motifs is 1. The number of β-lactam (4-membered cyclic amide) rings is 1. The molecule has 9 heteroatoms. The highest BCUT2D eigenvalue weighted by Gasteiger charge is 2.66. The smallest absolute Gasteiger partial charge is 0.352 e. The minimum Gasteiger partial charge on any atom is -0.477 e. The lowest BCUT2D eigenvalue weighted by molar-refractivity contribution is -0.192. The highest BCUT2D eigenvalue weighted by atomic mass is 32.2. The Morgan fingerprint density at radius 3 is 2.36 bits per heavy atom. The molecular weight excluding hydrogens is 460 g/mol. The molecule has 0 unspecified atom stereocenters. The molecule has 1 saturated heterocycles. The van der Waals surface area contributed by atoms with E-state index in [1.807, 2.05) is 60.7 Å². The second kappa shape index (κ2) is 10.0. The Kier molecular flexibility index (Phi) is 7.11. The molecule has 2 aromatic carbocycles. The van der Waals surface area contributed by atoms with E-state index in [1.165, 1.54) is 23.8 Å². The molecule has 0 radical (unpaired) electrons. The second-order valence-corrected chi connectivity index (χ2v) is 9.78. The summed E-state index contributed by atoms with van der Waals surface area (Å²) >= 11 is 3.01.